The molecule has 0 aliphatic heterocycles. The van der Waals surface area contributed by atoms with E-state index >= 15 is 0 Å². The molecule has 1 amide bonds. The molecular formula is C25H28F2N4O2. The van der Waals surface area contributed by atoms with Gasteiger partial charge >= 0.3 is 0 Å². The van der Waals surface area contributed by atoms with E-state index in [-0.39, 0.29) is 23.7 Å². The minimum atomic E-state index is -0.947. The van der Waals surface area contributed by atoms with Gasteiger partial charge in [-0.05, 0) is 44.2 Å². The van der Waals surface area contributed by atoms with Crippen molar-refractivity contribution in [1.29, 1.82) is 0 Å². The summed E-state index contributed by atoms with van der Waals surface area (Å²) in [6.45, 7) is 2.69. The number of carbonyl (C=O) groups is 1. The first-order chi connectivity index (χ1) is 16.0. The van der Waals surface area contributed by atoms with Crippen LogP contribution in [0.1, 0.15) is 51.3 Å². The zero-order chi connectivity index (χ0) is 23.4. The molecule has 0 radical (unpaired) electrons. The summed E-state index contributed by atoms with van der Waals surface area (Å²) in [4.78, 5) is 29.7. The van der Waals surface area contributed by atoms with Crippen molar-refractivity contribution in [2.45, 2.75) is 58.5 Å². The summed E-state index contributed by atoms with van der Waals surface area (Å²) in [6.07, 6.45) is 10.7. The van der Waals surface area contributed by atoms with Crippen LogP contribution in [0.2, 0.25) is 0 Å². The quantitative estimate of drug-likeness (QED) is 0.346. The van der Waals surface area contributed by atoms with Crippen molar-refractivity contribution in [2.24, 2.45) is 5.92 Å². The van der Waals surface area contributed by atoms with Gasteiger partial charge in [0.1, 0.15) is 11.5 Å². The molecule has 1 saturated carbocycles. The Morgan fingerprint density at radius 2 is 2.06 bits per heavy atom. The first-order valence-corrected chi connectivity index (χ1v) is 11.4. The number of pyridine rings is 1. The van der Waals surface area contributed by atoms with Crippen LogP contribution >= 0.6 is 0 Å². The summed E-state index contributed by atoms with van der Waals surface area (Å²) in [7, 11) is 0. The van der Waals surface area contributed by atoms with Gasteiger partial charge in [0, 0.05) is 31.3 Å². The van der Waals surface area contributed by atoms with E-state index in [1.54, 1.807) is 18.3 Å². The molecule has 6 nitrogen and oxygen atoms in total. The van der Waals surface area contributed by atoms with Gasteiger partial charge < -0.3 is 14.5 Å². The number of allylic oxidation sites excluding steroid dienone is 2. The number of aryl methyl sites for hydroxylation is 1. The smallest absolute Gasteiger partial charge is 0.274 e. The molecule has 0 spiro atoms. The number of rotatable bonds is 10. The molecule has 3 aromatic rings. The monoisotopic (exact) mass is 454 g/mol. The van der Waals surface area contributed by atoms with Gasteiger partial charge in [-0.2, -0.15) is 0 Å². The summed E-state index contributed by atoms with van der Waals surface area (Å²) >= 11 is 0. The Morgan fingerprint density at radius 3 is 2.82 bits per heavy atom. The van der Waals surface area contributed by atoms with E-state index in [4.69, 9.17) is 0 Å². The van der Waals surface area contributed by atoms with Crippen molar-refractivity contribution in [3.8, 4) is 0 Å². The fourth-order valence-electron chi connectivity index (χ4n) is 3.93. The second-order valence-corrected chi connectivity index (χ2v) is 8.53. The third-order valence-corrected chi connectivity index (χ3v) is 5.94. The lowest BCUT2D eigenvalue weighted by Crippen LogP contribution is -2.26. The first-order valence-electron chi connectivity index (χ1n) is 11.4. The lowest BCUT2D eigenvalue weighted by molar-refractivity contribution is -0.116. The molecule has 4 rings (SSSR count). The van der Waals surface area contributed by atoms with Gasteiger partial charge in [0.05, 0.1) is 17.6 Å². The molecule has 2 heterocycles. The van der Waals surface area contributed by atoms with E-state index in [0.717, 1.165) is 18.9 Å². The Labute approximate surface area is 190 Å². The predicted molar refractivity (Wildman–Crippen MR) is 124 cm³/mol. The molecule has 1 N–H and O–H groups in total. The van der Waals surface area contributed by atoms with Crippen LogP contribution in [0.4, 0.5) is 14.5 Å². The minimum absolute atomic E-state index is 0.131. The number of hydrogen-bond donors (Lipinski definition) is 1. The molecule has 0 bridgehead atoms. The van der Waals surface area contributed by atoms with Crippen molar-refractivity contribution >= 4 is 22.6 Å². The molecule has 0 unspecified atom stereocenters. The lowest BCUT2D eigenvalue weighted by atomic mass is 10.2. The van der Waals surface area contributed by atoms with E-state index in [2.05, 4.69) is 10.3 Å². The summed E-state index contributed by atoms with van der Waals surface area (Å²) in [5.74, 6) is -0.880. The zero-order valence-corrected chi connectivity index (χ0v) is 18.7. The SMILES string of the molecule is C/C=C/CCCC(=O)Nc1cccn(Cc2nc3cc(F)c(F)cc3n2CCC2CC2)c1=O. The Bertz CT molecular complexity index is 1240. The fraction of sp³-hybridized carbons (Fsp3) is 0.400. The van der Waals surface area contributed by atoms with Crippen molar-refractivity contribution in [3.63, 3.8) is 0 Å². The predicted octanol–water partition coefficient (Wildman–Crippen LogP) is 5.01. The van der Waals surface area contributed by atoms with E-state index in [0.29, 0.717) is 42.2 Å². The van der Waals surface area contributed by atoms with Crippen molar-refractivity contribution in [2.75, 3.05) is 5.32 Å². The highest BCUT2D eigenvalue weighted by molar-refractivity contribution is 5.90. The number of fused-ring (bicyclic) bond motifs is 1. The Morgan fingerprint density at radius 1 is 1.27 bits per heavy atom. The molecule has 1 fully saturated rings. The van der Waals surface area contributed by atoms with Gasteiger partial charge in [-0.3, -0.25) is 9.59 Å². The average molecular weight is 455 g/mol. The molecule has 2 aromatic heterocycles. The molecule has 8 heteroatoms. The number of hydrogen-bond acceptors (Lipinski definition) is 3. The van der Waals surface area contributed by atoms with Crippen LogP contribution < -0.4 is 10.9 Å². The number of nitrogens with zero attached hydrogens (tertiary/aromatic N) is 3. The normalized spacial score (nSPS) is 13.8. The maximum absolute atomic E-state index is 13.9. The van der Waals surface area contributed by atoms with Crippen LogP contribution in [-0.4, -0.2) is 20.0 Å². The number of aromatic nitrogens is 3. The minimum Gasteiger partial charge on any atom is -0.326 e. The summed E-state index contributed by atoms with van der Waals surface area (Å²) in [5, 5.41) is 2.70. The number of amides is 1. The van der Waals surface area contributed by atoms with Crippen LogP contribution in [0.3, 0.4) is 0 Å². The van der Waals surface area contributed by atoms with Crippen LogP contribution in [0.15, 0.2) is 47.4 Å². The molecule has 174 valence electrons. The van der Waals surface area contributed by atoms with Gasteiger partial charge in [0.2, 0.25) is 5.91 Å². The number of benzene rings is 1. The number of imidazole rings is 1. The van der Waals surface area contributed by atoms with E-state index < -0.39 is 11.6 Å². The summed E-state index contributed by atoms with van der Waals surface area (Å²) in [6, 6.07) is 5.52. The lowest BCUT2D eigenvalue weighted by Gasteiger charge is -2.12. The van der Waals surface area contributed by atoms with Crippen molar-refractivity contribution in [3.05, 3.63) is 70.4 Å². The zero-order valence-electron chi connectivity index (χ0n) is 18.7. The first kappa shape index (κ1) is 22.9. The molecule has 1 aliphatic carbocycles. The van der Waals surface area contributed by atoms with E-state index in [9.17, 15) is 18.4 Å². The fourth-order valence-corrected chi connectivity index (χ4v) is 3.93. The van der Waals surface area contributed by atoms with Gasteiger partial charge in [0.15, 0.2) is 11.6 Å². The largest absolute Gasteiger partial charge is 0.326 e. The maximum atomic E-state index is 13.9. The third kappa shape index (κ3) is 5.56. The summed E-state index contributed by atoms with van der Waals surface area (Å²) in [5.41, 5.74) is 0.727. The second-order valence-electron chi connectivity index (χ2n) is 8.53. The van der Waals surface area contributed by atoms with Crippen LogP contribution in [0.25, 0.3) is 11.0 Å². The molecule has 0 saturated heterocycles. The van der Waals surface area contributed by atoms with E-state index in [1.165, 1.54) is 23.5 Å². The van der Waals surface area contributed by atoms with Crippen LogP contribution in [0, 0.1) is 17.6 Å². The third-order valence-electron chi connectivity index (χ3n) is 5.94. The number of halogens is 2. The number of carbonyl (C=O) groups excluding carboxylic acids is 1. The highest BCUT2D eigenvalue weighted by Crippen LogP contribution is 2.33. The standard InChI is InChI=1S/C25H28F2N4O2/c1-2-3-4-5-8-24(32)29-20-7-6-12-30(25(20)33)16-23-28-21-14-18(26)19(27)15-22(21)31(23)13-11-17-9-10-17/h2-3,6-7,12,14-15,17H,4-5,8-11,13,16H2,1H3,(H,29,32)/b3-2+. The Hall–Kier alpha value is -3.29. The number of unbranched alkanes of at least 4 members (excludes halogenated alkanes) is 1. The van der Waals surface area contributed by atoms with Crippen LogP contribution in [0.5, 0.6) is 0 Å². The van der Waals surface area contributed by atoms with Crippen molar-refractivity contribution in [1.82, 2.24) is 14.1 Å². The van der Waals surface area contributed by atoms with Gasteiger partial charge in [0.25, 0.3) is 5.56 Å². The van der Waals surface area contributed by atoms with Crippen LogP contribution in [-0.2, 0) is 17.9 Å². The average Bonchev–Trinajstić information content (AvgIpc) is 3.56. The Kier molecular flexibility index (Phi) is 7.01. The Balaban J connectivity index is 1.57. The van der Waals surface area contributed by atoms with Gasteiger partial charge in [-0.25, -0.2) is 13.8 Å². The van der Waals surface area contributed by atoms with Gasteiger partial charge in [-0.1, -0.05) is 25.0 Å². The summed E-state index contributed by atoms with van der Waals surface area (Å²) < 4.78 is 31.0. The maximum Gasteiger partial charge on any atom is 0.274 e. The van der Waals surface area contributed by atoms with Crippen molar-refractivity contribution < 1.29 is 13.6 Å². The van der Waals surface area contributed by atoms with E-state index in [1.807, 2.05) is 23.6 Å². The molecule has 1 aliphatic rings. The number of nitrogens with one attached hydrogen (secondary N) is 1. The topological polar surface area (TPSA) is 68.9 Å². The molecule has 33 heavy (non-hydrogen) atoms. The highest BCUT2D eigenvalue weighted by atomic mass is 19.2. The molecule has 0 atom stereocenters. The number of anilines is 1. The molecular weight excluding hydrogens is 426 g/mol. The van der Waals surface area contributed by atoms with Gasteiger partial charge in [-0.15, -0.1) is 0 Å². The molecule has 1 aromatic carbocycles. The highest BCUT2D eigenvalue weighted by Gasteiger charge is 2.23. The second kappa shape index (κ2) is 10.1.